The fraction of sp³-hybridized carbons (Fsp3) is 0.188. The van der Waals surface area contributed by atoms with Crippen molar-refractivity contribution in [3.8, 4) is 0 Å². The van der Waals surface area contributed by atoms with E-state index >= 15 is 0 Å². The normalized spacial score (nSPS) is 13.9. The lowest BCUT2D eigenvalue weighted by Crippen LogP contribution is -2.29. The second-order valence-corrected chi connectivity index (χ2v) is 7.15. The van der Waals surface area contributed by atoms with Crippen molar-refractivity contribution in [2.75, 3.05) is 10.8 Å². The zero-order valence-corrected chi connectivity index (χ0v) is 12.9. The highest BCUT2D eigenvalue weighted by atomic mass is 32.2. The highest BCUT2D eigenvalue weighted by Crippen LogP contribution is 2.35. The monoisotopic (exact) mass is 335 g/mol. The molecule has 0 radical (unpaired) electrons. The molecule has 2 aromatic carbocycles. The van der Waals surface area contributed by atoms with E-state index in [0.717, 1.165) is 4.31 Å². The van der Waals surface area contributed by atoms with Gasteiger partial charge in [0.05, 0.1) is 17.0 Å². The van der Waals surface area contributed by atoms with E-state index in [2.05, 4.69) is 0 Å². The van der Waals surface area contributed by atoms with Crippen LogP contribution in [0, 0.1) is 5.82 Å². The van der Waals surface area contributed by atoms with Gasteiger partial charge in [-0.15, -0.1) is 0 Å². The van der Waals surface area contributed by atoms with E-state index in [1.165, 1.54) is 30.3 Å². The summed E-state index contributed by atoms with van der Waals surface area (Å²) in [6.07, 6.45) is 0.283. The maximum absolute atomic E-state index is 14.0. The number of hydrogen-bond acceptors (Lipinski definition) is 3. The molecule has 0 fully saturated rings. The number of anilines is 1. The maximum atomic E-state index is 14.0. The Morgan fingerprint density at radius 3 is 2.52 bits per heavy atom. The number of sulfonamides is 1. The van der Waals surface area contributed by atoms with Gasteiger partial charge in [0, 0.05) is 6.54 Å². The third kappa shape index (κ3) is 2.79. The summed E-state index contributed by atoms with van der Waals surface area (Å²) in [7, 11) is -3.87. The van der Waals surface area contributed by atoms with Gasteiger partial charge in [-0.1, -0.05) is 24.3 Å². The Bertz CT molecular complexity index is 862. The molecule has 120 valence electrons. The fourth-order valence-electron chi connectivity index (χ4n) is 2.70. The first-order valence-corrected chi connectivity index (χ1v) is 8.44. The number of benzene rings is 2. The van der Waals surface area contributed by atoms with Crippen molar-refractivity contribution < 1.29 is 22.7 Å². The van der Waals surface area contributed by atoms with Gasteiger partial charge in [-0.25, -0.2) is 12.8 Å². The fourth-order valence-corrected chi connectivity index (χ4v) is 4.21. The first-order chi connectivity index (χ1) is 10.9. The minimum absolute atomic E-state index is 0.0164. The van der Waals surface area contributed by atoms with E-state index in [4.69, 9.17) is 5.11 Å². The van der Waals surface area contributed by atoms with Gasteiger partial charge in [-0.05, 0) is 35.7 Å². The molecule has 1 N–H and O–H groups in total. The van der Waals surface area contributed by atoms with Crippen molar-refractivity contribution in [1.29, 1.82) is 0 Å². The van der Waals surface area contributed by atoms with Crippen LogP contribution in [-0.2, 0) is 27.7 Å². The minimum Gasteiger partial charge on any atom is -0.481 e. The Balaban J connectivity index is 1.96. The van der Waals surface area contributed by atoms with Gasteiger partial charge >= 0.3 is 5.97 Å². The zero-order chi connectivity index (χ0) is 16.6. The number of carbonyl (C=O) groups is 1. The Hall–Kier alpha value is -2.41. The van der Waals surface area contributed by atoms with Gasteiger partial charge < -0.3 is 5.11 Å². The molecule has 5 nitrogen and oxygen atoms in total. The molecule has 0 bridgehead atoms. The summed E-state index contributed by atoms with van der Waals surface area (Å²) in [5, 5.41) is 8.74. The van der Waals surface area contributed by atoms with Crippen LogP contribution in [-0.4, -0.2) is 26.0 Å². The van der Waals surface area contributed by atoms with Crippen LogP contribution in [0.15, 0.2) is 47.4 Å². The highest BCUT2D eigenvalue weighted by Gasteiger charge is 2.33. The Kier molecular flexibility index (Phi) is 3.81. The largest absolute Gasteiger partial charge is 0.481 e. The van der Waals surface area contributed by atoms with Crippen molar-refractivity contribution in [3.63, 3.8) is 0 Å². The standard InChI is InChI=1S/C16H14FNO4S/c17-14-3-1-2-12-8-9-18(16(12)14)23(21,22)13-6-4-11(5-7-13)10-15(19)20/h1-7H,8-10H2,(H,19,20). The highest BCUT2D eigenvalue weighted by molar-refractivity contribution is 7.92. The van der Waals surface area contributed by atoms with E-state index in [1.807, 2.05) is 0 Å². The molecule has 0 amide bonds. The Labute approximate surface area is 133 Å². The number of halogens is 1. The summed E-state index contributed by atoms with van der Waals surface area (Å²) in [6.45, 7) is 0.190. The van der Waals surface area contributed by atoms with Gasteiger partial charge in [0.1, 0.15) is 5.82 Å². The van der Waals surface area contributed by atoms with Crippen LogP contribution in [0.1, 0.15) is 11.1 Å². The van der Waals surface area contributed by atoms with Gasteiger partial charge in [-0.3, -0.25) is 9.10 Å². The number of fused-ring (bicyclic) bond motifs is 1. The van der Waals surface area contributed by atoms with Gasteiger partial charge in [-0.2, -0.15) is 0 Å². The van der Waals surface area contributed by atoms with Crippen molar-refractivity contribution >= 4 is 21.7 Å². The molecule has 0 atom stereocenters. The van der Waals surface area contributed by atoms with Crippen molar-refractivity contribution in [3.05, 3.63) is 59.4 Å². The quantitative estimate of drug-likeness (QED) is 0.929. The van der Waals surface area contributed by atoms with E-state index in [-0.39, 0.29) is 23.5 Å². The molecule has 23 heavy (non-hydrogen) atoms. The number of nitrogens with zero attached hydrogens (tertiary/aromatic N) is 1. The van der Waals surface area contributed by atoms with Crippen LogP contribution in [0.2, 0.25) is 0 Å². The lowest BCUT2D eigenvalue weighted by Gasteiger charge is -2.20. The van der Waals surface area contributed by atoms with Crippen LogP contribution < -0.4 is 4.31 Å². The molecule has 0 saturated carbocycles. The molecular weight excluding hydrogens is 321 g/mol. The van der Waals surface area contributed by atoms with Crippen LogP contribution in [0.4, 0.5) is 10.1 Å². The lowest BCUT2D eigenvalue weighted by atomic mass is 10.2. The van der Waals surface area contributed by atoms with Crippen molar-refractivity contribution in [2.24, 2.45) is 0 Å². The third-order valence-corrected chi connectivity index (χ3v) is 5.58. The summed E-state index contributed by atoms with van der Waals surface area (Å²) in [5.74, 6) is -1.55. The van der Waals surface area contributed by atoms with Crippen LogP contribution >= 0.6 is 0 Å². The predicted molar refractivity (Wildman–Crippen MR) is 82.4 cm³/mol. The summed E-state index contributed by atoms with van der Waals surface area (Å²) < 4.78 is 40.5. The molecule has 1 heterocycles. The molecule has 2 aromatic rings. The summed E-state index contributed by atoms with van der Waals surface area (Å²) in [4.78, 5) is 10.7. The second-order valence-electron chi connectivity index (χ2n) is 5.29. The third-order valence-electron chi connectivity index (χ3n) is 3.77. The lowest BCUT2D eigenvalue weighted by molar-refractivity contribution is -0.136. The minimum atomic E-state index is -3.87. The number of carboxylic acids is 1. The molecule has 0 aromatic heterocycles. The average molecular weight is 335 g/mol. The zero-order valence-electron chi connectivity index (χ0n) is 12.1. The number of rotatable bonds is 4. The number of hydrogen-bond donors (Lipinski definition) is 1. The first kappa shape index (κ1) is 15.5. The molecular formula is C16H14FNO4S. The second kappa shape index (κ2) is 5.66. The smallest absolute Gasteiger partial charge is 0.307 e. The van der Waals surface area contributed by atoms with Crippen molar-refractivity contribution in [2.45, 2.75) is 17.7 Å². The summed E-state index contributed by atoms with van der Waals surface area (Å²) in [5.41, 5.74) is 1.27. The number of aliphatic carboxylic acids is 1. The van der Waals surface area contributed by atoms with Gasteiger partial charge in [0.15, 0.2) is 0 Å². The maximum Gasteiger partial charge on any atom is 0.307 e. The van der Waals surface area contributed by atoms with Crippen LogP contribution in [0.5, 0.6) is 0 Å². The number of carboxylic acid groups (broad SMARTS) is 1. The topological polar surface area (TPSA) is 74.7 Å². The molecule has 0 unspecified atom stereocenters. The van der Waals surface area contributed by atoms with Gasteiger partial charge in [0.2, 0.25) is 0 Å². The number of para-hydroxylation sites is 1. The molecule has 1 aliphatic heterocycles. The Morgan fingerprint density at radius 2 is 1.87 bits per heavy atom. The van der Waals surface area contributed by atoms with E-state index in [1.54, 1.807) is 12.1 Å². The van der Waals surface area contributed by atoms with Crippen LogP contribution in [0.3, 0.4) is 0 Å². The van der Waals surface area contributed by atoms with Crippen LogP contribution in [0.25, 0.3) is 0 Å². The first-order valence-electron chi connectivity index (χ1n) is 7.00. The Morgan fingerprint density at radius 1 is 1.17 bits per heavy atom. The van der Waals surface area contributed by atoms with Gasteiger partial charge in [0.25, 0.3) is 10.0 Å². The average Bonchev–Trinajstić information content (AvgIpc) is 2.93. The predicted octanol–water partition coefficient (Wildman–Crippen LogP) is 2.20. The van der Waals surface area contributed by atoms with E-state index < -0.39 is 21.8 Å². The van der Waals surface area contributed by atoms with E-state index in [0.29, 0.717) is 17.5 Å². The molecule has 0 aliphatic carbocycles. The molecule has 7 heteroatoms. The summed E-state index contributed by atoms with van der Waals surface area (Å²) in [6, 6.07) is 10.1. The summed E-state index contributed by atoms with van der Waals surface area (Å²) >= 11 is 0. The van der Waals surface area contributed by atoms with Crippen molar-refractivity contribution in [1.82, 2.24) is 0 Å². The molecule has 1 aliphatic rings. The molecule has 0 saturated heterocycles. The SMILES string of the molecule is O=C(O)Cc1ccc(S(=O)(=O)N2CCc3cccc(F)c32)cc1. The molecule has 0 spiro atoms. The van der Waals surface area contributed by atoms with E-state index in [9.17, 15) is 17.6 Å². The molecule has 3 rings (SSSR count).